The first-order valence-electron chi connectivity index (χ1n) is 7.23. The summed E-state index contributed by atoms with van der Waals surface area (Å²) in [5.74, 6) is 0.724. The van der Waals surface area contributed by atoms with Gasteiger partial charge in [0.15, 0.2) is 11.9 Å². The summed E-state index contributed by atoms with van der Waals surface area (Å²) in [6, 6.07) is 5.34. The zero-order valence-electron chi connectivity index (χ0n) is 12.3. The molecule has 0 spiro atoms. The molecular weight excluding hydrogens is 254 g/mol. The number of Topliss-reactive ketones (excluding diaryl/α,β-unsaturated/α-hetero) is 1. The molecule has 0 aromatic heterocycles. The van der Waals surface area contributed by atoms with Crippen molar-refractivity contribution in [2.24, 2.45) is 0 Å². The lowest BCUT2D eigenvalue weighted by atomic mass is 10.1. The summed E-state index contributed by atoms with van der Waals surface area (Å²) >= 11 is 0. The molecule has 0 bridgehead atoms. The number of unbranched alkanes of at least 4 members (excludes halogenated alkanes) is 1. The van der Waals surface area contributed by atoms with Crippen molar-refractivity contribution in [3.8, 4) is 5.75 Å². The van der Waals surface area contributed by atoms with E-state index in [2.05, 4.69) is 6.92 Å². The van der Waals surface area contributed by atoms with Gasteiger partial charge < -0.3 is 9.64 Å². The van der Waals surface area contributed by atoms with E-state index in [1.165, 1.54) is 0 Å². The van der Waals surface area contributed by atoms with Crippen molar-refractivity contribution < 1.29 is 14.3 Å². The largest absolute Gasteiger partial charge is 0.479 e. The maximum absolute atomic E-state index is 12.3. The number of anilines is 1. The van der Waals surface area contributed by atoms with Gasteiger partial charge in [0, 0.05) is 18.5 Å². The summed E-state index contributed by atoms with van der Waals surface area (Å²) in [7, 11) is 0. The summed E-state index contributed by atoms with van der Waals surface area (Å²) in [6.45, 7) is 6.35. The molecule has 1 heterocycles. The quantitative estimate of drug-likeness (QED) is 0.775. The Hall–Kier alpha value is -1.84. The van der Waals surface area contributed by atoms with Crippen LogP contribution in [0.4, 0.5) is 5.69 Å². The van der Waals surface area contributed by atoms with E-state index in [0.717, 1.165) is 18.5 Å². The van der Waals surface area contributed by atoms with Crippen LogP contribution >= 0.6 is 0 Å². The third-order valence-corrected chi connectivity index (χ3v) is 3.55. The number of hydrogen-bond acceptors (Lipinski definition) is 3. The molecule has 4 heteroatoms. The van der Waals surface area contributed by atoms with E-state index in [4.69, 9.17) is 4.74 Å². The summed E-state index contributed by atoms with van der Waals surface area (Å²) < 4.78 is 5.62. The molecule has 0 N–H and O–H groups in total. The lowest BCUT2D eigenvalue weighted by Gasteiger charge is -2.33. The van der Waals surface area contributed by atoms with Crippen molar-refractivity contribution in [1.29, 1.82) is 0 Å². The van der Waals surface area contributed by atoms with Gasteiger partial charge in [-0.1, -0.05) is 20.3 Å². The highest BCUT2D eigenvalue weighted by Crippen LogP contribution is 2.35. The minimum absolute atomic E-state index is 0.0351. The highest BCUT2D eigenvalue weighted by molar-refractivity contribution is 6.02. The molecule has 1 aromatic rings. The number of ketones is 1. The number of carbonyl (C=O) groups is 2. The van der Waals surface area contributed by atoms with Gasteiger partial charge in [-0.2, -0.15) is 0 Å². The van der Waals surface area contributed by atoms with E-state index in [1.54, 1.807) is 30.0 Å². The van der Waals surface area contributed by atoms with Crippen LogP contribution in [0.2, 0.25) is 0 Å². The van der Waals surface area contributed by atoms with Crippen LogP contribution in [0, 0.1) is 0 Å². The van der Waals surface area contributed by atoms with Crippen molar-refractivity contribution in [3.63, 3.8) is 0 Å². The maximum atomic E-state index is 12.3. The molecule has 0 saturated heterocycles. The lowest BCUT2D eigenvalue weighted by Crippen LogP contribution is -2.45. The lowest BCUT2D eigenvalue weighted by molar-refractivity contribution is -0.125. The van der Waals surface area contributed by atoms with Crippen LogP contribution in [0.3, 0.4) is 0 Å². The summed E-state index contributed by atoms with van der Waals surface area (Å²) in [4.78, 5) is 25.8. The Morgan fingerprint density at radius 2 is 2.10 bits per heavy atom. The van der Waals surface area contributed by atoms with Crippen molar-refractivity contribution in [2.45, 2.75) is 46.1 Å². The predicted molar refractivity (Wildman–Crippen MR) is 78.4 cm³/mol. The van der Waals surface area contributed by atoms with Gasteiger partial charge in [-0.15, -0.1) is 0 Å². The van der Waals surface area contributed by atoms with Gasteiger partial charge in [0.1, 0.15) is 5.75 Å². The molecule has 1 atom stereocenters. The topological polar surface area (TPSA) is 46.6 Å². The third-order valence-electron chi connectivity index (χ3n) is 3.55. The molecule has 2 rings (SSSR count). The Bertz CT molecular complexity index is 524. The predicted octanol–water partition coefficient (Wildman–Crippen LogP) is 3.19. The Morgan fingerprint density at radius 1 is 1.35 bits per heavy atom. The van der Waals surface area contributed by atoms with Gasteiger partial charge in [-0.05, 0) is 31.5 Å². The second-order valence-electron chi connectivity index (χ2n) is 5.06. The molecule has 0 radical (unpaired) electrons. The number of benzene rings is 1. The van der Waals surface area contributed by atoms with Crippen LogP contribution in [0.5, 0.6) is 5.75 Å². The number of fused-ring (bicyclic) bond motifs is 1. The van der Waals surface area contributed by atoms with Gasteiger partial charge in [-0.25, -0.2) is 0 Å². The molecule has 20 heavy (non-hydrogen) atoms. The minimum Gasteiger partial charge on any atom is -0.479 e. The van der Waals surface area contributed by atoms with Gasteiger partial charge >= 0.3 is 0 Å². The molecule has 4 nitrogen and oxygen atoms in total. The van der Waals surface area contributed by atoms with Gasteiger partial charge in [-0.3, -0.25) is 9.59 Å². The fourth-order valence-corrected chi connectivity index (χ4v) is 2.33. The molecule has 1 aliphatic heterocycles. The zero-order valence-corrected chi connectivity index (χ0v) is 12.3. The van der Waals surface area contributed by atoms with Crippen molar-refractivity contribution in [2.75, 3.05) is 11.4 Å². The van der Waals surface area contributed by atoms with E-state index in [9.17, 15) is 9.59 Å². The zero-order chi connectivity index (χ0) is 14.7. The molecule has 1 amide bonds. The monoisotopic (exact) mass is 275 g/mol. The van der Waals surface area contributed by atoms with Crippen LogP contribution in [0.15, 0.2) is 18.2 Å². The normalized spacial score (nSPS) is 17.6. The van der Waals surface area contributed by atoms with Crippen LogP contribution < -0.4 is 9.64 Å². The van der Waals surface area contributed by atoms with Gasteiger partial charge in [0.2, 0.25) is 0 Å². The second kappa shape index (κ2) is 6.07. The summed E-state index contributed by atoms with van der Waals surface area (Å²) in [6.07, 6.45) is 1.94. The van der Waals surface area contributed by atoms with Crippen LogP contribution in [-0.2, 0) is 4.79 Å². The smallest absolute Gasteiger partial charge is 0.267 e. The number of hydrogen-bond donors (Lipinski definition) is 0. The van der Waals surface area contributed by atoms with E-state index in [0.29, 0.717) is 24.3 Å². The highest BCUT2D eigenvalue weighted by atomic mass is 16.5. The third kappa shape index (κ3) is 2.69. The average Bonchev–Trinajstić information content (AvgIpc) is 2.46. The standard InChI is InChI=1S/C16H21NO3/c1-4-6-9-17-13-10-12(14(18)5-2)7-8-15(13)20-11(3)16(17)19/h7-8,10-11H,4-6,9H2,1-3H3. The number of amides is 1. The van der Waals surface area contributed by atoms with Gasteiger partial charge in [0.05, 0.1) is 5.69 Å². The van der Waals surface area contributed by atoms with E-state index in [1.807, 2.05) is 6.92 Å². The highest BCUT2D eigenvalue weighted by Gasteiger charge is 2.31. The van der Waals surface area contributed by atoms with Crippen LogP contribution in [0.1, 0.15) is 50.4 Å². The fourth-order valence-electron chi connectivity index (χ4n) is 2.33. The molecular formula is C16H21NO3. The average molecular weight is 275 g/mol. The maximum Gasteiger partial charge on any atom is 0.267 e. The first kappa shape index (κ1) is 14.6. The number of rotatable bonds is 5. The Labute approximate surface area is 119 Å². The van der Waals surface area contributed by atoms with E-state index < -0.39 is 6.10 Å². The first-order valence-corrected chi connectivity index (χ1v) is 7.23. The molecule has 1 aromatic carbocycles. The van der Waals surface area contributed by atoms with Crippen molar-refractivity contribution in [3.05, 3.63) is 23.8 Å². The SMILES string of the molecule is CCCCN1C(=O)C(C)Oc2ccc(C(=O)CC)cc21. The number of nitrogens with zero attached hydrogens (tertiary/aromatic N) is 1. The minimum atomic E-state index is -0.466. The summed E-state index contributed by atoms with van der Waals surface area (Å²) in [5.41, 5.74) is 1.36. The Kier molecular flexibility index (Phi) is 4.42. The molecule has 0 saturated carbocycles. The Balaban J connectivity index is 2.40. The molecule has 108 valence electrons. The van der Waals surface area contributed by atoms with E-state index >= 15 is 0 Å². The fraction of sp³-hybridized carbons (Fsp3) is 0.500. The van der Waals surface area contributed by atoms with Crippen molar-refractivity contribution in [1.82, 2.24) is 0 Å². The molecule has 0 fully saturated rings. The first-order chi connectivity index (χ1) is 9.58. The van der Waals surface area contributed by atoms with Crippen molar-refractivity contribution >= 4 is 17.4 Å². The Morgan fingerprint density at radius 3 is 2.75 bits per heavy atom. The van der Waals surface area contributed by atoms with Gasteiger partial charge in [0.25, 0.3) is 5.91 Å². The molecule has 1 unspecified atom stereocenters. The van der Waals surface area contributed by atoms with Crippen LogP contribution in [0.25, 0.3) is 0 Å². The van der Waals surface area contributed by atoms with Crippen LogP contribution in [-0.4, -0.2) is 24.3 Å². The molecule has 0 aliphatic carbocycles. The second-order valence-corrected chi connectivity index (χ2v) is 5.06. The number of ether oxygens (including phenoxy) is 1. The number of carbonyl (C=O) groups excluding carboxylic acids is 2. The molecule has 1 aliphatic rings. The van der Waals surface area contributed by atoms with E-state index in [-0.39, 0.29) is 11.7 Å². The summed E-state index contributed by atoms with van der Waals surface area (Å²) in [5, 5.41) is 0.